The number of hydrogen-bond acceptors (Lipinski definition) is 5. The average molecular weight is 569 g/mol. The van der Waals surface area contributed by atoms with Crippen LogP contribution in [0.2, 0.25) is 5.02 Å². The van der Waals surface area contributed by atoms with Crippen LogP contribution in [0.3, 0.4) is 0 Å². The molecule has 1 fully saturated rings. The van der Waals surface area contributed by atoms with Crippen molar-refractivity contribution < 1.29 is 22.7 Å². The highest BCUT2D eigenvalue weighted by Gasteiger charge is 2.31. The summed E-state index contributed by atoms with van der Waals surface area (Å²) in [5.41, 5.74) is 2.83. The first-order valence-electron chi connectivity index (χ1n) is 13.0. The Kier molecular flexibility index (Phi) is 9.43. The Bertz CT molecular complexity index is 1380. The van der Waals surface area contributed by atoms with Crippen LogP contribution >= 0.6 is 11.6 Å². The van der Waals surface area contributed by atoms with Gasteiger partial charge >= 0.3 is 0 Å². The quantitative estimate of drug-likeness (QED) is 0.365. The Hall–Kier alpha value is -3.20. The lowest BCUT2D eigenvalue weighted by molar-refractivity contribution is -0.115. The van der Waals surface area contributed by atoms with Crippen LogP contribution in [0.5, 0.6) is 0 Å². The lowest BCUT2D eigenvalue weighted by atomic mass is 9.86. The Labute approximate surface area is 235 Å². The number of amides is 2. The molecule has 7 nitrogen and oxygen atoms in total. The average Bonchev–Trinajstić information content (AvgIpc) is 2.95. The molecule has 3 aromatic rings. The van der Waals surface area contributed by atoms with E-state index in [0.29, 0.717) is 35.1 Å². The number of ether oxygens (including phenoxy) is 1. The van der Waals surface area contributed by atoms with Crippen molar-refractivity contribution in [2.75, 3.05) is 31.3 Å². The van der Waals surface area contributed by atoms with E-state index < -0.39 is 9.84 Å². The second kappa shape index (κ2) is 12.8. The molecule has 1 aliphatic heterocycles. The fourth-order valence-electron chi connectivity index (χ4n) is 4.90. The minimum absolute atomic E-state index is 0.0262. The Morgan fingerprint density at radius 2 is 1.59 bits per heavy atom. The standard InChI is InChI=1S/C30H33ClN2O5S/c1-3-39(36,37)27-14-4-21(5-15-27)20-28(34)32-26-12-8-24(9-13-26)30(35)33(2)29(23-16-18-38-19-17-23)22-6-10-25(31)11-7-22/h4-15,23,29H,3,16-20H2,1-2H3,(H,32,34)/t29-/m0/s1. The zero-order valence-electron chi connectivity index (χ0n) is 22.1. The molecule has 4 rings (SSSR count). The van der Waals surface area contributed by atoms with Crippen LogP contribution in [-0.2, 0) is 25.8 Å². The van der Waals surface area contributed by atoms with Crippen LogP contribution in [-0.4, -0.2) is 51.1 Å². The van der Waals surface area contributed by atoms with Gasteiger partial charge in [0.05, 0.1) is 23.1 Å². The molecular weight excluding hydrogens is 536 g/mol. The highest BCUT2D eigenvalue weighted by Crippen LogP contribution is 2.35. The van der Waals surface area contributed by atoms with E-state index >= 15 is 0 Å². The third-order valence-corrected chi connectivity index (χ3v) is 9.11. The predicted molar refractivity (Wildman–Crippen MR) is 153 cm³/mol. The number of sulfone groups is 1. The number of anilines is 1. The smallest absolute Gasteiger partial charge is 0.254 e. The van der Waals surface area contributed by atoms with E-state index in [-0.39, 0.29) is 40.8 Å². The predicted octanol–water partition coefficient (Wildman–Crippen LogP) is 5.55. The molecule has 0 unspecified atom stereocenters. The Morgan fingerprint density at radius 1 is 0.974 bits per heavy atom. The van der Waals surface area contributed by atoms with E-state index in [1.165, 1.54) is 12.1 Å². The van der Waals surface area contributed by atoms with Crippen LogP contribution in [0.15, 0.2) is 77.7 Å². The first-order chi connectivity index (χ1) is 18.7. The molecule has 39 heavy (non-hydrogen) atoms. The molecule has 206 valence electrons. The molecule has 0 spiro atoms. The van der Waals surface area contributed by atoms with E-state index in [9.17, 15) is 18.0 Å². The maximum Gasteiger partial charge on any atom is 0.254 e. The molecule has 0 radical (unpaired) electrons. The molecule has 2 amide bonds. The fraction of sp³-hybridized carbons (Fsp3) is 0.333. The molecule has 1 saturated heterocycles. The topological polar surface area (TPSA) is 92.8 Å². The molecule has 1 aliphatic rings. The maximum absolute atomic E-state index is 13.5. The second-order valence-electron chi connectivity index (χ2n) is 9.71. The minimum atomic E-state index is -3.28. The van der Waals surface area contributed by atoms with Crippen LogP contribution in [0, 0.1) is 5.92 Å². The molecule has 1 atom stereocenters. The third-order valence-electron chi connectivity index (χ3n) is 7.10. The summed E-state index contributed by atoms with van der Waals surface area (Å²) in [4.78, 5) is 28.1. The summed E-state index contributed by atoms with van der Waals surface area (Å²) >= 11 is 6.11. The number of halogens is 1. The molecular formula is C30H33ClN2O5S. The molecule has 1 N–H and O–H groups in total. The summed E-state index contributed by atoms with van der Waals surface area (Å²) in [6, 6.07) is 20.7. The largest absolute Gasteiger partial charge is 0.381 e. The van der Waals surface area contributed by atoms with Gasteiger partial charge in [-0.25, -0.2) is 8.42 Å². The minimum Gasteiger partial charge on any atom is -0.381 e. The van der Waals surface area contributed by atoms with E-state index in [1.54, 1.807) is 48.2 Å². The summed E-state index contributed by atoms with van der Waals surface area (Å²) in [6.07, 6.45) is 1.84. The number of nitrogens with zero attached hydrogens (tertiary/aromatic N) is 1. The summed E-state index contributed by atoms with van der Waals surface area (Å²) in [5.74, 6) is -0.0528. The van der Waals surface area contributed by atoms with Gasteiger partial charge in [0.15, 0.2) is 9.84 Å². The van der Waals surface area contributed by atoms with Crippen molar-refractivity contribution in [3.05, 3.63) is 94.5 Å². The molecule has 0 saturated carbocycles. The Balaban J connectivity index is 1.42. The highest BCUT2D eigenvalue weighted by molar-refractivity contribution is 7.91. The van der Waals surface area contributed by atoms with Gasteiger partial charge in [0.25, 0.3) is 5.91 Å². The van der Waals surface area contributed by atoms with Crippen LogP contribution in [0.25, 0.3) is 0 Å². The van der Waals surface area contributed by atoms with Crippen molar-refractivity contribution >= 4 is 38.9 Å². The first-order valence-corrected chi connectivity index (χ1v) is 15.0. The van der Waals surface area contributed by atoms with Crippen molar-refractivity contribution in [1.29, 1.82) is 0 Å². The van der Waals surface area contributed by atoms with Gasteiger partial charge in [-0.3, -0.25) is 9.59 Å². The third kappa shape index (κ3) is 7.26. The number of benzene rings is 3. The number of rotatable bonds is 9. The van der Waals surface area contributed by atoms with Crippen LogP contribution in [0.4, 0.5) is 5.69 Å². The SMILES string of the molecule is CCS(=O)(=O)c1ccc(CC(=O)Nc2ccc(C(=O)N(C)[C@@H](c3ccc(Cl)cc3)C3CCOCC3)cc2)cc1. The van der Waals surface area contributed by atoms with Gasteiger partial charge in [0.1, 0.15) is 0 Å². The molecule has 0 aromatic heterocycles. The Morgan fingerprint density at radius 3 is 2.18 bits per heavy atom. The van der Waals surface area contributed by atoms with Gasteiger partial charge in [-0.1, -0.05) is 42.8 Å². The number of nitrogens with one attached hydrogen (secondary N) is 1. The van der Waals surface area contributed by atoms with E-state index in [4.69, 9.17) is 16.3 Å². The van der Waals surface area contributed by atoms with Gasteiger partial charge in [-0.05, 0) is 78.4 Å². The molecule has 3 aromatic carbocycles. The van der Waals surface area contributed by atoms with Gasteiger partial charge in [0.2, 0.25) is 5.91 Å². The second-order valence-corrected chi connectivity index (χ2v) is 12.4. The van der Waals surface area contributed by atoms with Gasteiger partial charge in [0, 0.05) is 36.5 Å². The van der Waals surface area contributed by atoms with E-state index in [1.807, 2.05) is 31.3 Å². The van der Waals surface area contributed by atoms with Gasteiger partial charge in [-0.15, -0.1) is 0 Å². The van der Waals surface area contributed by atoms with Gasteiger partial charge < -0.3 is 15.0 Å². The molecule has 9 heteroatoms. The highest BCUT2D eigenvalue weighted by atomic mass is 35.5. The number of carbonyl (C=O) groups excluding carboxylic acids is 2. The van der Waals surface area contributed by atoms with Gasteiger partial charge in [-0.2, -0.15) is 0 Å². The van der Waals surface area contributed by atoms with Crippen molar-refractivity contribution in [2.45, 2.75) is 37.1 Å². The summed E-state index contributed by atoms with van der Waals surface area (Å²) in [7, 11) is -1.46. The summed E-state index contributed by atoms with van der Waals surface area (Å²) in [5, 5.41) is 3.49. The molecule has 0 bridgehead atoms. The lowest BCUT2D eigenvalue weighted by Crippen LogP contribution is -2.37. The van der Waals surface area contributed by atoms with E-state index in [2.05, 4.69) is 5.32 Å². The number of carbonyl (C=O) groups is 2. The zero-order valence-corrected chi connectivity index (χ0v) is 23.7. The monoisotopic (exact) mass is 568 g/mol. The van der Waals surface area contributed by atoms with Crippen molar-refractivity contribution in [2.24, 2.45) is 5.92 Å². The molecule has 0 aliphatic carbocycles. The first kappa shape index (κ1) is 28.8. The van der Waals surface area contributed by atoms with Crippen molar-refractivity contribution in [1.82, 2.24) is 4.90 Å². The number of hydrogen-bond donors (Lipinski definition) is 1. The molecule has 1 heterocycles. The van der Waals surface area contributed by atoms with Crippen molar-refractivity contribution in [3.63, 3.8) is 0 Å². The van der Waals surface area contributed by atoms with Crippen LogP contribution < -0.4 is 5.32 Å². The summed E-state index contributed by atoms with van der Waals surface area (Å²) < 4.78 is 29.5. The van der Waals surface area contributed by atoms with Crippen molar-refractivity contribution in [3.8, 4) is 0 Å². The maximum atomic E-state index is 13.5. The summed E-state index contributed by atoms with van der Waals surface area (Å²) in [6.45, 7) is 2.94. The van der Waals surface area contributed by atoms with E-state index in [0.717, 1.165) is 18.4 Å². The lowest BCUT2D eigenvalue weighted by Gasteiger charge is -2.37. The van der Waals surface area contributed by atoms with Crippen LogP contribution in [0.1, 0.15) is 47.3 Å². The fourth-order valence-corrected chi connectivity index (χ4v) is 5.91. The normalized spacial score (nSPS) is 14.9. The zero-order chi connectivity index (χ0) is 28.0.